The minimum absolute atomic E-state index is 0.237. The molecule has 0 aliphatic heterocycles. The van der Waals surface area contributed by atoms with Crippen molar-refractivity contribution < 1.29 is 23.8 Å². The molecule has 0 aliphatic rings. The molecule has 0 radical (unpaired) electrons. The molecule has 0 aromatic carbocycles. The Morgan fingerprint density at radius 2 is 1.33 bits per heavy atom. The summed E-state index contributed by atoms with van der Waals surface area (Å²) in [6.07, 6.45) is 0. The number of hydrogen-bond acceptors (Lipinski definition) is 5. The van der Waals surface area contributed by atoms with Gasteiger partial charge in [0, 0.05) is 13.8 Å². The van der Waals surface area contributed by atoms with Gasteiger partial charge in [-0.15, -0.1) is 0 Å². The van der Waals surface area contributed by atoms with Crippen molar-refractivity contribution in [2.24, 2.45) is 0 Å². The van der Waals surface area contributed by atoms with E-state index in [-0.39, 0.29) is 10.2 Å². The molecule has 0 saturated carbocycles. The number of carbonyl (C=O) groups excluding carboxylic acids is 2. The van der Waals surface area contributed by atoms with Crippen molar-refractivity contribution in [1.82, 2.24) is 0 Å². The Kier molecular flexibility index (Phi) is 4.48. The van der Waals surface area contributed by atoms with Gasteiger partial charge in [-0.1, -0.05) is 0 Å². The summed E-state index contributed by atoms with van der Waals surface area (Å²) in [6, 6.07) is 0. The predicted octanol–water partition coefficient (Wildman–Crippen LogP) is -0.0956. The van der Waals surface area contributed by atoms with Crippen molar-refractivity contribution in [2.45, 2.75) is 45.8 Å². The normalized spacial score (nSPS) is 12.3. The molecule has 0 N–H and O–H groups in total. The van der Waals surface area contributed by atoms with Crippen LogP contribution in [-0.4, -0.2) is 33.4 Å². The van der Waals surface area contributed by atoms with Crippen LogP contribution in [0.4, 0.5) is 0 Å². The first-order valence-electron chi connectivity index (χ1n) is 4.63. The lowest BCUT2D eigenvalue weighted by atomic mass is 10.2. The molecule has 0 unspecified atom stereocenters. The highest BCUT2D eigenvalue weighted by Gasteiger charge is 2.36. The van der Waals surface area contributed by atoms with Gasteiger partial charge in [0.05, 0.1) is 5.60 Å². The van der Waals surface area contributed by atoms with Gasteiger partial charge in [0.25, 0.3) is 0 Å². The van der Waals surface area contributed by atoms with Gasteiger partial charge in [-0.25, -0.2) is 0 Å². The number of esters is 2. The first kappa shape index (κ1) is 14.1. The molecule has 88 valence electrons. The maximum atomic E-state index is 10.9. The van der Waals surface area contributed by atoms with Crippen molar-refractivity contribution in [3.63, 3.8) is 0 Å². The maximum Gasteiger partial charge on any atom is 0.332 e. The zero-order chi connectivity index (χ0) is 12.3. The largest absolute Gasteiger partial charge is 0.404 e. The molecule has 5 nitrogen and oxygen atoms in total. The van der Waals surface area contributed by atoms with Crippen molar-refractivity contribution in [2.75, 3.05) is 0 Å². The summed E-state index contributed by atoms with van der Waals surface area (Å²) < 4.78 is 15.2. The summed E-state index contributed by atoms with van der Waals surface area (Å²) in [5.74, 6) is -1.09. The monoisotopic (exact) mass is 234 g/mol. The van der Waals surface area contributed by atoms with Crippen molar-refractivity contribution in [1.29, 1.82) is 0 Å². The van der Waals surface area contributed by atoms with E-state index >= 15 is 0 Å². The minimum atomic E-state index is -1.53. The molecule has 0 bridgehead atoms. The maximum absolute atomic E-state index is 10.9. The average Bonchev–Trinajstić information content (AvgIpc) is 1.73. The molecule has 0 atom stereocenters. The Labute approximate surface area is 92.5 Å². The van der Waals surface area contributed by atoms with E-state index in [2.05, 4.69) is 0 Å². The van der Waals surface area contributed by atoms with Crippen molar-refractivity contribution in [3.8, 4) is 0 Å². The quantitative estimate of drug-likeness (QED) is 0.388. The Morgan fingerprint density at radius 1 is 1.00 bits per heavy atom. The predicted molar refractivity (Wildman–Crippen MR) is 57.0 cm³/mol. The fourth-order valence-corrected chi connectivity index (χ4v) is 2.33. The van der Waals surface area contributed by atoms with Crippen LogP contribution in [0.2, 0.25) is 0 Å². The van der Waals surface area contributed by atoms with Crippen LogP contribution >= 0.6 is 0 Å². The van der Waals surface area contributed by atoms with Gasteiger partial charge in [-0.05, 0) is 20.8 Å². The molecular formula is C9H18O5Si. The second kappa shape index (κ2) is 4.76. The molecule has 0 spiro atoms. The summed E-state index contributed by atoms with van der Waals surface area (Å²) in [7, 11) is 0.237. The van der Waals surface area contributed by atoms with Gasteiger partial charge in [-0.2, -0.15) is 0 Å². The highest BCUT2D eigenvalue weighted by molar-refractivity contribution is 6.13. The molecule has 0 aliphatic carbocycles. The topological polar surface area (TPSA) is 61.8 Å². The molecule has 0 saturated heterocycles. The number of ether oxygens (including phenoxy) is 3. The van der Waals surface area contributed by atoms with Crippen molar-refractivity contribution >= 4 is 22.2 Å². The van der Waals surface area contributed by atoms with Crippen LogP contribution in [0.5, 0.6) is 0 Å². The average molecular weight is 234 g/mol. The third-order valence-electron chi connectivity index (χ3n) is 1.15. The van der Waals surface area contributed by atoms with E-state index in [4.69, 9.17) is 14.2 Å². The van der Waals surface area contributed by atoms with E-state index in [1.165, 1.54) is 13.8 Å². The summed E-state index contributed by atoms with van der Waals surface area (Å²) in [5.41, 5.74) is -2.09. The third-order valence-corrected chi connectivity index (χ3v) is 1.76. The van der Waals surface area contributed by atoms with Gasteiger partial charge in [0.15, 0.2) is 10.2 Å². The summed E-state index contributed by atoms with van der Waals surface area (Å²) in [5, 5.41) is 0. The highest BCUT2D eigenvalue weighted by atomic mass is 28.1. The fourth-order valence-electron chi connectivity index (χ4n) is 1.14. The second-order valence-electron chi connectivity index (χ2n) is 4.26. The second-order valence-corrected chi connectivity index (χ2v) is 5.49. The van der Waals surface area contributed by atoms with E-state index in [1.54, 1.807) is 20.8 Å². The molecule has 0 aromatic heterocycles. The van der Waals surface area contributed by atoms with E-state index in [0.717, 1.165) is 0 Å². The van der Waals surface area contributed by atoms with Crippen LogP contribution in [0.1, 0.15) is 34.6 Å². The zero-order valence-corrected chi connectivity index (χ0v) is 12.0. The van der Waals surface area contributed by atoms with Crippen LogP contribution < -0.4 is 0 Å². The van der Waals surface area contributed by atoms with Gasteiger partial charge >= 0.3 is 17.5 Å². The Balaban J connectivity index is 4.69. The molecule has 0 rings (SSSR count). The van der Waals surface area contributed by atoms with Gasteiger partial charge in [-0.3, -0.25) is 9.59 Å². The summed E-state index contributed by atoms with van der Waals surface area (Å²) in [4.78, 5) is 21.7. The lowest BCUT2D eigenvalue weighted by molar-refractivity contribution is -0.322. The SMILES string of the molecule is CC(=O)OC([SiH3])(OC(C)=O)OC(C)(C)C. The fraction of sp³-hybridized carbons (Fsp3) is 0.778. The zero-order valence-electron chi connectivity index (χ0n) is 10.0. The molecule has 6 heteroatoms. The smallest absolute Gasteiger partial charge is 0.332 e. The molecule has 0 fully saturated rings. The Bertz CT molecular complexity index is 240. The van der Waals surface area contributed by atoms with E-state index < -0.39 is 23.1 Å². The third kappa shape index (κ3) is 7.09. The summed E-state index contributed by atoms with van der Waals surface area (Å²) >= 11 is 0. The lowest BCUT2D eigenvalue weighted by Crippen LogP contribution is -2.47. The van der Waals surface area contributed by atoms with Crippen molar-refractivity contribution in [3.05, 3.63) is 0 Å². The van der Waals surface area contributed by atoms with Gasteiger partial charge in [0.1, 0.15) is 0 Å². The standard InChI is InChI=1S/C9H18O5Si/c1-6(10)12-9(15,13-7(2)11)14-8(3,4)5/h1-5,15H3. The van der Waals surface area contributed by atoms with Crippen LogP contribution in [0.25, 0.3) is 0 Å². The highest BCUT2D eigenvalue weighted by Crippen LogP contribution is 2.20. The summed E-state index contributed by atoms with van der Waals surface area (Å²) in [6.45, 7) is 7.83. The minimum Gasteiger partial charge on any atom is -0.404 e. The molecule has 15 heavy (non-hydrogen) atoms. The van der Waals surface area contributed by atoms with Crippen LogP contribution in [-0.2, 0) is 23.8 Å². The van der Waals surface area contributed by atoms with Gasteiger partial charge in [0.2, 0.25) is 0 Å². The Hall–Kier alpha value is -0.883. The van der Waals surface area contributed by atoms with E-state index in [0.29, 0.717) is 0 Å². The molecule has 0 heterocycles. The first-order chi connectivity index (χ1) is 6.54. The van der Waals surface area contributed by atoms with Crippen LogP contribution in [0.3, 0.4) is 0 Å². The number of hydrogen-bond donors (Lipinski definition) is 0. The first-order valence-corrected chi connectivity index (χ1v) is 5.63. The van der Waals surface area contributed by atoms with E-state index in [1.807, 2.05) is 0 Å². The van der Waals surface area contributed by atoms with E-state index in [9.17, 15) is 9.59 Å². The number of rotatable bonds is 3. The molecular weight excluding hydrogens is 216 g/mol. The van der Waals surface area contributed by atoms with Crippen LogP contribution in [0, 0.1) is 0 Å². The van der Waals surface area contributed by atoms with Gasteiger partial charge < -0.3 is 14.2 Å². The lowest BCUT2D eigenvalue weighted by Gasteiger charge is -2.34. The molecule has 0 aromatic rings. The molecule has 0 amide bonds. The van der Waals surface area contributed by atoms with Crippen LogP contribution in [0.15, 0.2) is 0 Å². The number of carbonyl (C=O) groups is 2. The Morgan fingerprint density at radius 3 is 1.53 bits per heavy atom.